The predicted octanol–water partition coefficient (Wildman–Crippen LogP) is 4.41. The van der Waals surface area contributed by atoms with Crippen molar-refractivity contribution in [2.75, 3.05) is 0 Å². The molecular weight excluding hydrogens is 276 g/mol. The standard InChI is InChI=1S/C19H20O3/c1-2-14-3-7-16(8-4-14)21-13-18-10-9-17(22-18)11-12-19(20)15-5-6-15/h3-4,7-12,15H,2,5-6,13H2,1H3/b12-11+. The van der Waals surface area contributed by atoms with E-state index in [9.17, 15) is 4.79 Å². The van der Waals surface area contributed by atoms with Crippen molar-refractivity contribution in [1.29, 1.82) is 0 Å². The summed E-state index contributed by atoms with van der Waals surface area (Å²) in [5.41, 5.74) is 1.29. The Hall–Kier alpha value is -2.29. The molecule has 1 aromatic heterocycles. The van der Waals surface area contributed by atoms with Crippen molar-refractivity contribution in [1.82, 2.24) is 0 Å². The molecule has 1 aliphatic rings. The molecule has 3 nitrogen and oxygen atoms in total. The third kappa shape index (κ3) is 3.88. The summed E-state index contributed by atoms with van der Waals surface area (Å²) in [5, 5.41) is 0. The van der Waals surface area contributed by atoms with E-state index in [1.807, 2.05) is 24.3 Å². The first-order chi connectivity index (χ1) is 10.7. The lowest BCUT2D eigenvalue weighted by molar-refractivity contribution is -0.115. The molecule has 1 aromatic carbocycles. The minimum absolute atomic E-state index is 0.199. The van der Waals surface area contributed by atoms with Crippen LogP contribution in [0, 0.1) is 5.92 Å². The fourth-order valence-electron chi connectivity index (χ4n) is 2.21. The molecule has 1 heterocycles. The van der Waals surface area contributed by atoms with Gasteiger partial charge in [-0.3, -0.25) is 4.79 Å². The van der Waals surface area contributed by atoms with Gasteiger partial charge in [0.25, 0.3) is 0 Å². The fourth-order valence-corrected chi connectivity index (χ4v) is 2.21. The molecule has 0 N–H and O–H groups in total. The van der Waals surface area contributed by atoms with Gasteiger partial charge < -0.3 is 9.15 Å². The third-order valence-electron chi connectivity index (χ3n) is 3.79. The molecule has 0 bridgehead atoms. The molecular formula is C19H20O3. The Morgan fingerprint density at radius 3 is 2.68 bits per heavy atom. The summed E-state index contributed by atoms with van der Waals surface area (Å²) in [7, 11) is 0. The highest BCUT2D eigenvalue weighted by Crippen LogP contribution is 2.30. The normalized spacial score (nSPS) is 14.4. The molecule has 1 aliphatic carbocycles. The Kier molecular flexibility index (Phi) is 4.42. The number of allylic oxidation sites excluding steroid dienone is 1. The Bertz CT molecular complexity index is 660. The Labute approximate surface area is 130 Å². The molecule has 114 valence electrons. The van der Waals surface area contributed by atoms with Crippen LogP contribution < -0.4 is 4.74 Å². The quantitative estimate of drug-likeness (QED) is 0.710. The number of hydrogen-bond acceptors (Lipinski definition) is 3. The summed E-state index contributed by atoms with van der Waals surface area (Å²) in [4.78, 5) is 11.6. The van der Waals surface area contributed by atoms with Gasteiger partial charge in [0, 0.05) is 5.92 Å². The van der Waals surface area contributed by atoms with Crippen LogP contribution >= 0.6 is 0 Å². The van der Waals surface area contributed by atoms with Crippen LogP contribution in [0.3, 0.4) is 0 Å². The first-order valence-electron chi connectivity index (χ1n) is 7.77. The monoisotopic (exact) mass is 296 g/mol. The fraction of sp³-hybridized carbons (Fsp3) is 0.316. The maximum Gasteiger partial charge on any atom is 0.158 e. The van der Waals surface area contributed by atoms with Crippen molar-refractivity contribution >= 4 is 11.9 Å². The second kappa shape index (κ2) is 6.65. The van der Waals surface area contributed by atoms with Crippen LogP contribution in [0.4, 0.5) is 0 Å². The molecule has 0 saturated heterocycles. The topological polar surface area (TPSA) is 39.4 Å². The molecule has 2 aromatic rings. The lowest BCUT2D eigenvalue weighted by Crippen LogP contribution is -1.94. The summed E-state index contributed by atoms with van der Waals surface area (Å²) in [6.45, 7) is 2.51. The van der Waals surface area contributed by atoms with Gasteiger partial charge in [0.15, 0.2) is 5.78 Å². The number of carbonyl (C=O) groups excluding carboxylic acids is 1. The van der Waals surface area contributed by atoms with Crippen molar-refractivity contribution in [3.8, 4) is 5.75 Å². The molecule has 0 spiro atoms. The lowest BCUT2D eigenvalue weighted by Gasteiger charge is -2.04. The van der Waals surface area contributed by atoms with Crippen molar-refractivity contribution in [2.45, 2.75) is 32.8 Å². The van der Waals surface area contributed by atoms with Gasteiger partial charge in [-0.2, -0.15) is 0 Å². The van der Waals surface area contributed by atoms with E-state index >= 15 is 0 Å². The lowest BCUT2D eigenvalue weighted by atomic mass is 10.2. The molecule has 3 rings (SSSR count). The smallest absolute Gasteiger partial charge is 0.158 e. The van der Waals surface area contributed by atoms with Gasteiger partial charge in [0.05, 0.1) is 0 Å². The van der Waals surface area contributed by atoms with Gasteiger partial charge in [-0.15, -0.1) is 0 Å². The largest absolute Gasteiger partial charge is 0.486 e. The molecule has 0 unspecified atom stereocenters. The first-order valence-corrected chi connectivity index (χ1v) is 7.77. The van der Waals surface area contributed by atoms with Crippen molar-refractivity contribution < 1.29 is 13.9 Å². The second-order valence-electron chi connectivity index (χ2n) is 5.60. The van der Waals surface area contributed by atoms with Gasteiger partial charge in [-0.25, -0.2) is 0 Å². The van der Waals surface area contributed by atoms with Gasteiger partial charge in [-0.1, -0.05) is 19.1 Å². The Morgan fingerprint density at radius 1 is 1.23 bits per heavy atom. The third-order valence-corrected chi connectivity index (χ3v) is 3.79. The van der Waals surface area contributed by atoms with E-state index in [-0.39, 0.29) is 11.7 Å². The zero-order valence-electron chi connectivity index (χ0n) is 12.7. The van der Waals surface area contributed by atoms with Crippen LogP contribution in [0.1, 0.15) is 36.8 Å². The average Bonchev–Trinajstić information content (AvgIpc) is 3.31. The molecule has 0 amide bonds. The number of ether oxygens (including phenoxy) is 1. The highest BCUT2D eigenvalue weighted by Gasteiger charge is 2.27. The van der Waals surface area contributed by atoms with Crippen molar-refractivity contribution in [2.24, 2.45) is 5.92 Å². The van der Waals surface area contributed by atoms with Gasteiger partial charge in [0.1, 0.15) is 23.9 Å². The predicted molar refractivity (Wildman–Crippen MR) is 85.6 cm³/mol. The van der Waals surface area contributed by atoms with Crippen LogP contribution in [0.2, 0.25) is 0 Å². The summed E-state index contributed by atoms with van der Waals surface area (Å²) in [5.74, 6) is 2.71. The zero-order chi connectivity index (χ0) is 15.4. The van der Waals surface area contributed by atoms with Gasteiger partial charge >= 0.3 is 0 Å². The SMILES string of the molecule is CCc1ccc(OCc2ccc(/C=C/C(=O)C3CC3)o2)cc1. The number of furan rings is 1. The number of ketones is 1. The molecule has 1 fully saturated rings. The molecule has 0 atom stereocenters. The average molecular weight is 296 g/mol. The number of hydrogen-bond donors (Lipinski definition) is 0. The minimum Gasteiger partial charge on any atom is -0.486 e. The highest BCUT2D eigenvalue weighted by atomic mass is 16.5. The van der Waals surface area contributed by atoms with Crippen LogP contribution in [-0.2, 0) is 17.8 Å². The van der Waals surface area contributed by atoms with Crippen LogP contribution in [0.5, 0.6) is 5.75 Å². The number of rotatable bonds is 7. The van der Waals surface area contributed by atoms with Gasteiger partial charge in [0.2, 0.25) is 0 Å². The maximum atomic E-state index is 11.6. The summed E-state index contributed by atoms with van der Waals surface area (Å²) in [6.07, 6.45) is 6.42. The maximum absolute atomic E-state index is 11.6. The number of aryl methyl sites for hydroxylation is 1. The van der Waals surface area contributed by atoms with E-state index in [2.05, 4.69) is 19.1 Å². The summed E-state index contributed by atoms with van der Waals surface area (Å²) < 4.78 is 11.3. The van der Waals surface area contributed by atoms with Crippen LogP contribution in [0.25, 0.3) is 6.08 Å². The molecule has 0 aliphatic heterocycles. The molecule has 22 heavy (non-hydrogen) atoms. The first kappa shape index (κ1) is 14.6. The number of carbonyl (C=O) groups is 1. The number of benzene rings is 1. The highest BCUT2D eigenvalue weighted by molar-refractivity contribution is 5.96. The molecule has 3 heteroatoms. The molecule has 1 saturated carbocycles. The second-order valence-corrected chi connectivity index (χ2v) is 5.60. The van der Waals surface area contributed by atoms with E-state index < -0.39 is 0 Å². The van der Waals surface area contributed by atoms with Gasteiger partial charge in [-0.05, 0) is 61.2 Å². The Morgan fingerprint density at radius 2 is 2.00 bits per heavy atom. The minimum atomic E-state index is 0.199. The van der Waals surface area contributed by atoms with Crippen LogP contribution in [0.15, 0.2) is 46.9 Å². The summed E-state index contributed by atoms with van der Waals surface area (Å²) in [6, 6.07) is 11.8. The van der Waals surface area contributed by atoms with E-state index in [1.54, 1.807) is 12.2 Å². The van der Waals surface area contributed by atoms with E-state index in [0.29, 0.717) is 12.4 Å². The van der Waals surface area contributed by atoms with E-state index in [0.717, 1.165) is 30.8 Å². The van der Waals surface area contributed by atoms with Crippen molar-refractivity contribution in [3.05, 3.63) is 59.6 Å². The Balaban J connectivity index is 1.53. The van der Waals surface area contributed by atoms with E-state index in [4.69, 9.17) is 9.15 Å². The zero-order valence-corrected chi connectivity index (χ0v) is 12.7. The molecule has 0 radical (unpaired) electrons. The van der Waals surface area contributed by atoms with E-state index in [1.165, 1.54) is 5.56 Å². The van der Waals surface area contributed by atoms with Crippen LogP contribution in [-0.4, -0.2) is 5.78 Å². The summed E-state index contributed by atoms with van der Waals surface area (Å²) >= 11 is 0. The van der Waals surface area contributed by atoms with Crippen molar-refractivity contribution in [3.63, 3.8) is 0 Å².